The Labute approximate surface area is 113 Å². The van der Waals surface area contributed by atoms with E-state index in [1.807, 2.05) is 32.0 Å². The number of aliphatic hydroxyl groups is 2. The summed E-state index contributed by atoms with van der Waals surface area (Å²) in [5.74, 6) is 0.520. The van der Waals surface area contributed by atoms with Crippen LogP contribution >= 0.6 is 0 Å². The standard InChI is InChI=1S/C14H21NO4/c1-10-4-3-5-13(11(10)2)19-7-6-14(18)15-12(8-16)9-17/h3-5,12,16-17H,6-9H2,1-2H3,(H,15,18). The van der Waals surface area contributed by atoms with Crippen molar-refractivity contribution in [2.75, 3.05) is 19.8 Å². The van der Waals surface area contributed by atoms with Crippen LogP contribution in [0.5, 0.6) is 5.75 Å². The Kier molecular flexibility index (Phi) is 6.32. The van der Waals surface area contributed by atoms with Gasteiger partial charge in [0.2, 0.25) is 5.91 Å². The number of nitrogens with one attached hydrogen (secondary N) is 1. The molecule has 106 valence electrons. The molecule has 0 aliphatic heterocycles. The Balaban J connectivity index is 2.38. The maximum atomic E-state index is 11.5. The summed E-state index contributed by atoms with van der Waals surface area (Å²) in [6.45, 7) is 3.68. The summed E-state index contributed by atoms with van der Waals surface area (Å²) in [5, 5.41) is 20.2. The minimum Gasteiger partial charge on any atom is -0.493 e. The van der Waals surface area contributed by atoms with E-state index in [0.29, 0.717) is 0 Å². The number of benzene rings is 1. The molecule has 1 rings (SSSR count). The molecule has 5 heteroatoms. The molecule has 0 aromatic heterocycles. The minimum atomic E-state index is -0.604. The van der Waals surface area contributed by atoms with Crippen LogP contribution in [0, 0.1) is 13.8 Å². The van der Waals surface area contributed by atoms with Crippen LogP contribution in [0.15, 0.2) is 18.2 Å². The zero-order chi connectivity index (χ0) is 14.3. The zero-order valence-electron chi connectivity index (χ0n) is 11.3. The maximum absolute atomic E-state index is 11.5. The lowest BCUT2D eigenvalue weighted by Crippen LogP contribution is -2.40. The Morgan fingerprint density at radius 1 is 1.32 bits per heavy atom. The van der Waals surface area contributed by atoms with E-state index in [9.17, 15) is 4.79 Å². The van der Waals surface area contributed by atoms with Crippen molar-refractivity contribution in [3.63, 3.8) is 0 Å². The predicted octanol–water partition coefficient (Wildman–Crippen LogP) is 0.542. The average Bonchev–Trinajstić information content (AvgIpc) is 2.41. The van der Waals surface area contributed by atoms with Crippen LogP contribution in [0.2, 0.25) is 0 Å². The monoisotopic (exact) mass is 267 g/mol. The highest BCUT2D eigenvalue weighted by molar-refractivity contribution is 5.76. The number of ether oxygens (including phenoxy) is 1. The zero-order valence-corrected chi connectivity index (χ0v) is 11.3. The first-order valence-electron chi connectivity index (χ1n) is 6.28. The van der Waals surface area contributed by atoms with Gasteiger partial charge in [-0.15, -0.1) is 0 Å². The van der Waals surface area contributed by atoms with Crippen molar-refractivity contribution in [3.05, 3.63) is 29.3 Å². The summed E-state index contributed by atoms with van der Waals surface area (Å²) >= 11 is 0. The lowest BCUT2D eigenvalue weighted by molar-refractivity contribution is -0.122. The molecule has 19 heavy (non-hydrogen) atoms. The largest absolute Gasteiger partial charge is 0.493 e. The Morgan fingerprint density at radius 2 is 2.00 bits per heavy atom. The SMILES string of the molecule is Cc1cccc(OCCC(=O)NC(CO)CO)c1C. The fourth-order valence-electron chi connectivity index (χ4n) is 1.58. The van der Waals surface area contributed by atoms with E-state index < -0.39 is 6.04 Å². The number of aliphatic hydroxyl groups excluding tert-OH is 2. The van der Waals surface area contributed by atoms with E-state index >= 15 is 0 Å². The Hall–Kier alpha value is -1.59. The van der Waals surface area contributed by atoms with Crippen LogP contribution in [0.3, 0.4) is 0 Å². The summed E-state index contributed by atoms with van der Waals surface area (Å²) in [6.07, 6.45) is 0.184. The number of hydrogen-bond donors (Lipinski definition) is 3. The van der Waals surface area contributed by atoms with Crippen LogP contribution in [-0.4, -0.2) is 42.0 Å². The van der Waals surface area contributed by atoms with Gasteiger partial charge in [-0.05, 0) is 31.0 Å². The second-order valence-electron chi connectivity index (χ2n) is 4.43. The molecule has 0 unspecified atom stereocenters. The number of amides is 1. The molecule has 0 radical (unpaired) electrons. The van der Waals surface area contributed by atoms with Crippen molar-refractivity contribution >= 4 is 5.91 Å². The second-order valence-corrected chi connectivity index (χ2v) is 4.43. The molecule has 1 aromatic rings. The van der Waals surface area contributed by atoms with Gasteiger partial charge in [0, 0.05) is 0 Å². The normalized spacial score (nSPS) is 10.6. The highest BCUT2D eigenvalue weighted by atomic mass is 16.5. The van der Waals surface area contributed by atoms with Crippen LogP contribution in [-0.2, 0) is 4.79 Å². The summed E-state index contributed by atoms with van der Waals surface area (Å²) in [5.41, 5.74) is 2.20. The first-order chi connectivity index (χ1) is 9.08. The Bertz CT molecular complexity index is 416. The molecule has 5 nitrogen and oxygen atoms in total. The highest BCUT2D eigenvalue weighted by Crippen LogP contribution is 2.20. The molecule has 0 bridgehead atoms. The fourth-order valence-corrected chi connectivity index (χ4v) is 1.58. The van der Waals surface area contributed by atoms with Crippen LogP contribution in [0.1, 0.15) is 17.5 Å². The number of aryl methyl sites for hydroxylation is 1. The number of hydrogen-bond acceptors (Lipinski definition) is 4. The van der Waals surface area contributed by atoms with Crippen molar-refractivity contribution in [3.8, 4) is 5.75 Å². The molecule has 0 atom stereocenters. The summed E-state index contributed by atoms with van der Waals surface area (Å²) in [7, 11) is 0. The van der Waals surface area contributed by atoms with Gasteiger partial charge in [0.25, 0.3) is 0 Å². The molecule has 1 amide bonds. The van der Waals surface area contributed by atoms with Crippen molar-refractivity contribution in [2.45, 2.75) is 26.3 Å². The number of rotatable bonds is 7. The van der Waals surface area contributed by atoms with E-state index in [2.05, 4.69) is 5.32 Å². The van der Waals surface area contributed by atoms with Gasteiger partial charge < -0.3 is 20.3 Å². The van der Waals surface area contributed by atoms with Crippen molar-refractivity contribution in [1.82, 2.24) is 5.32 Å². The van der Waals surface area contributed by atoms with Crippen molar-refractivity contribution in [1.29, 1.82) is 0 Å². The van der Waals surface area contributed by atoms with Gasteiger partial charge in [0.1, 0.15) is 5.75 Å². The van der Waals surface area contributed by atoms with Crippen molar-refractivity contribution < 1.29 is 19.7 Å². The van der Waals surface area contributed by atoms with Gasteiger partial charge in [0.15, 0.2) is 0 Å². The molecule has 0 aliphatic rings. The van der Waals surface area contributed by atoms with Crippen molar-refractivity contribution in [2.24, 2.45) is 0 Å². The second kappa shape index (κ2) is 7.76. The molecule has 0 saturated heterocycles. The van der Waals surface area contributed by atoms with Gasteiger partial charge in [-0.25, -0.2) is 0 Å². The van der Waals surface area contributed by atoms with Crippen LogP contribution < -0.4 is 10.1 Å². The number of carbonyl (C=O) groups is 1. The minimum absolute atomic E-state index is 0.184. The summed E-state index contributed by atoms with van der Waals surface area (Å²) < 4.78 is 5.55. The third kappa shape index (κ3) is 4.89. The molecular weight excluding hydrogens is 246 g/mol. The molecular formula is C14H21NO4. The van der Waals surface area contributed by atoms with Gasteiger partial charge >= 0.3 is 0 Å². The maximum Gasteiger partial charge on any atom is 0.223 e. The van der Waals surface area contributed by atoms with Gasteiger partial charge in [-0.2, -0.15) is 0 Å². The van der Waals surface area contributed by atoms with E-state index in [1.54, 1.807) is 0 Å². The van der Waals surface area contributed by atoms with Gasteiger partial charge in [0.05, 0.1) is 32.3 Å². The van der Waals surface area contributed by atoms with E-state index in [0.717, 1.165) is 16.9 Å². The van der Waals surface area contributed by atoms with E-state index in [1.165, 1.54) is 0 Å². The Morgan fingerprint density at radius 3 is 2.63 bits per heavy atom. The lowest BCUT2D eigenvalue weighted by Gasteiger charge is -2.14. The molecule has 1 aromatic carbocycles. The lowest BCUT2D eigenvalue weighted by atomic mass is 10.1. The molecule has 0 fully saturated rings. The van der Waals surface area contributed by atoms with E-state index in [4.69, 9.17) is 14.9 Å². The van der Waals surface area contributed by atoms with Gasteiger partial charge in [-0.3, -0.25) is 4.79 Å². The summed E-state index contributed by atoms with van der Waals surface area (Å²) in [6, 6.07) is 5.17. The molecule has 0 aliphatic carbocycles. The van der Waals surface area contributed by atoms with Crippen LogP contribution in [0.4, 0.5) is 0 Å². The fraction of sp³-hybridized carbons (Fsp3) is 0.500. The third-order valence-electron chi connectivity index (χ3n) is 2.95. The first kappa shape index (κ1) is 15.5. The molecule has 0 spiro atoms. The van der Waals surface area contributed by atoms with Crippen LogP contribution in [0.25, 0.3) is 0 Å². The van der Waals surface area contributed by atoms with Gasteiger partial charge in [-0.1, -0.05) is 12.1 Å². The topological polar surface area (TPSA) is 78.8 Å². The average molecular weight is 267 g/mol. The highest BCUT2D eigenvalue weighted by Gasteiger charge is 2.10. The quantitative estimate of drug-likeness (QED) is 0.674. The first-order valence-corrected chi connectivity index (χ1v) is 6.28. The number of carbonyl (C=O) groups excluding carboxylic acids is 1. The molecule has 0 saturated carbocycles. The third-order valence-corrected chi connectivity index (χ3v) is 2.95. The summed E-state index contributed by atoms with van der Waals surface area (Å²) in [4.78, 5) is 11.5. The predicted molar refractivity (Wildman–Crippen MR) is 72.1 cm³/mol. The molecule has 0 heterocycles. The molecule has 3 N–H and O–H groups in total. The van der Waals surface area contributed by atoms with E-state index in [-0.39, 0.29) is 32.1 Å². The smallest absolute Gasteiger partial charge is 0.223 e.